The first-order valence-corrected chi connectivity index (χ1v) is 10.6. The van der Waals surface area contributed by atoms with Crippen LogP contribution in [0.3, 0.4) is 0 Å². The molecule has 7 nitrogen and oxygen atoms in total. The molecule has 4 N–H and O–H groups in total. The van der Waals surface area contributed by atoms with Crippen LogP contribution in [-0.4, -0.2) is 17.0 Å². The van der Waals surface area contributed by atoms with Crippen LogP contribution in [0.15, 0.2) is 85.1 Å². The molecule has 1 heterocycles. The van der Waals surface area contributed by atoms with Gasteiger partial charge in [0.25, 0.3) is 5.91 Å². The molecule has 0 atom stereocenters. The second-order valence-corrected chi connectivity index (χ2v) is 7.93. The molecule has 8 heteroatoms. The number of hydrogen-bond donors (Lipinski definition) is 3. The van der Waals surface area contributed by atoms with Gasteiger partial charge in [0, 0.05) is 23.0 Å². The zero-order valence-electron chi connectivity index (χ0n) is 16.9. The second kappa shape index (κ2) is 9.76. The number of aromatic nitrogens is 1. The zero-order valence-corrected chi connectivity index (χ0v) is 17.8. The maximum absolute atomic E-state index is 12.5. The van der Waals surface area contributed by atoms with Crippen LogP contribution in [0.2, 0.25) is 0 Å². The molecule has 3 aromatic carbocycles. The summed E-state index contributed by atoms with van der Waals surface area (Å²) < 4.78 is 5.26. The van der Waals surface area contributed by atoms with Crippen molar-refractivity contribution in [1.29, 1.82) is 0 Å². The maximum atomic E-state index is 12.5. The molecule has 32 heavy (non-hydrogen) atoms. The molecule has 4 aromatic rings. The van der Waals surface area contributed by atoms with Crippen molar-refractivity contribution >= 4 is 40.4 Å². The number of para-hydroxylation sites is 3. The number of rotatable bonds is 6. The molecule has 0 unspecified atom stereocenters. The van der Waals surface area contributed by atoms with Gasteiger partial charge in [0.15, 0.2) is 0 Å². The Labute approximate surface area is 188 Å². The minimum atomic E-state index is -0.527. The predicted molar refractivity (Wildman–Crippen MR) is 127 cm³/mol. The summed E-state index contributed by atoms with van der Waals surface area (Å²) >= 11 is 1.42. The number of ether oxygens (including phenoxy) is 1. The molecule has 0 spiro atoms. The van der Waals surface area contributed by atoms with Crippen LogP contribution in [0.5, 0.6) is 0 Å². The molecule has 0 aliphatic heterocycles. The number of benzene rings is 3. The van der Waals surface area contributed by atoms with Crippen LogP contribution < -0.4 is 16.4 Å². The van der Waals surface area contributed by atoms with Gasteiger partial charge in [0.1, 0.15) is 11.6 Å². The summed E-state index contributed by atoms with van der Waals surface area (Å²) in [7, 11) is 0. The Kier molecular flexibility index (Phi) is 6.43. The fourth-order valence-electron chi connectivity index (χ4n) is 2.89. The quantitative estimate of drug-likeness (QED) is 0.346. The molecule has 0 aliphatic rings. The lowest BCUT2D eigenvalue weighted by Crippen LogP contribution is -2.13. The topological polar surface area (TPSA) is 106 Å². The zero-order chi connectivity index (χ0) is 22.3. The third-order valence-corrected chi connectivity index (χ3v) is 5.54. The van der Waals surface area contributed by atoms with Crippen LogP contribution in [0.1, 0.15) is 15.2 Å². The number of carbonyl (C=O) groups is 2. The first kappa shape index (κ1) is 21.1. The van der Waals surface area contributed by atoms with E-state index < -0.39 is 6.09 Å². The summed E-state index contributed by atoms with van der Waals surface area (Å²) in [4.78, 5) is 29.6. The Hall–Kier alpha value is -4.17. The van der Waals surface area contributed by atoms with Crippen LogP contribution >= 0.6 is 11.3 Å². The molecule has 2 amide bonds. The van der Waals surface area contributed by atoms with Crippen molar-refractivity contribution in [3.05, 3.63) is 95.5 Å². The van der Waals surface area contributed by atoms with Crippen molar-refractivity contribution in [1.82, 2.24) is 4.98 Å². The Balaban J connectivity index is 1.34. The summed E-state index contributed by atoms with van der Waals surface area (Å²) in [5.41, 5.74) is 9.00. The van der Waals surface area contributed by atoms with E-state index in [1.165, 1.54) is 11.3 Å². The minimum absolute atomic E-state index is 0.120. The number of nitrogen functional groups attached to an aromatic ring is 1. The SMILES string of the molecule is Nc1ccccc1NC(=O)c1ccc(-c2ncc(COC(=O)Nc3ccccc3)s2)cc1. The lowest BCUT2D eigenvalue weighted by molar-refractivity contribution is 0.102. The molecule has 1 aromatic heterocycles. The van der Waals surface area contributed by atoms with Crippen molar-refractivity contribution in [2.45, 2.75) is 6.61 Å². The molecular weight excluding hydrogens is 424 g/mol. The standard InChI is InChI=1S/C24H20N4O3S/c25-20-8-4-5-9-21(20)28-22(29)16-10-12-17(13-11-16)23-26-14-19(32-23)15-31-24(30)27-18-6-2-1-3-7-18/h1-14H,15,25H2,(H,27,30)(H,28,29). The number of carbonyl (C=O) groups excluding carboxylic acids is 2. The van der Waals surface area contributed by atoms with Crippen molar-refractivity contribution in [2.24, 2.45) is 0 Å². The maximum Gasteiger partial charge on any atom is 0.411 e. The number of thiazole rings is 1. The third-order valence-electron chi connectivity index (χ3n) is 4.52. The van der Waals surface area contributed by atoms with E-state index >= 15 is 0 Å². The largest absolute Gasteiger partial charge is 0.444 e. The molecule has 0 saturated carbocycles. The highest BCUT2D eigenvalue weighted by molar-refractivity contribution is 7.15. The summed E-state index contributed by atoms with van der Waals surface area (Å²) in [5.74, 6) is -0.243. The fourth-order valence-corrected chi connectivity index (χ4v) is 3.72. The molecule has 160 valence electrons. The summed E-state index contributed by atoms with van der Waals surface area (Å²) in [6.07, 6.45) is 1.15. The van der Waals surface area contributed by atoms with Gasteiger partial charge in [-0.1, -0.05) is 42.5 Å². The summed E-state index contributed by atoms with van der Waals surface area (Å²) in [6, 6.07) is 23.3. The molecular formula is C24H20N4O3S. The van der Waals surface area contributed by atoms with Gasteiger partial charge in [-0.2, -0.15) is 0 Å². The number of amides is 2. The number of hydrogen-bond acceptors (Lipinski definition) is 6. The van der Waals surface area contributed by atoms with Gasteiger partial charge in [0.05, 0.1) is 16.3 Å². The molecule has 4 rings (SSSR count). The van der Waals surface area contributed by atoms with Crippen molar-refractivity contribution in [3.8, 4) is 10.6 Å². The monoisotopic (exact) mass is 444 g/mol. The van der Waals surface area contributed by atoms with Crippen LogP contribution in [0, 0.1) is 0 Å². The second-order valence-electron chi connectivity index (χ2n) is 6.82. The minimum Gasteiger partial charge on any atom is -0.444 e. The van der Waals surface area contributed by atoms with Crippen molar-refractivity contribution in [3.63, 3.8) is 0 Å². The van der Waals surface area contributed by atoms with Gasteiger partial charge in [-0.25, -0.2) is 9.78 Å². The van der Waals surface area contributed by atoms with E-state index in [1.54, 1.807) is 42.6 Å². The molecule has 0 saturated heterocycles. The van der Waals surface area contributed by atoms with Gasteiger partial charge in [-0.15, -0.1) is 11.3 Å². The number of nitrogens with two attached hydrogens (primary N) is 1. The highest BCUT2D eigenvalue weighted by Crippen LogP contribution is 2.26. The Morgan fingerprint density at radius 2 is 1.62 bits per heavy atom. The van der Waals surface area contributed by atoms with E-state index in [2.05, 4.69) is 15.6 Å². The highest BCUT2D eigenvalue weighted by atomic mass is 32.1. The van der Waals surface area contributed by atoms with Crippen molar-refractivity contribution in [2.75, 3.05) is 16.4 Å². The van der Waals surface area contributed by atoms with Crippen LogP contribution in [-0.2, 0) is 11.3 Å². The van der Waals surface area contributed by atoms with E-state index in [0.29, 0.717) is 22.6 Å². The highest BCUT2D eigenvalue weighted by Gasteiger charge is 2.11. The molecule has 0 fully saturated rings. The Morgan fingerprint density at radius 1 is 0.906 bits per heavy atom. The third kappa shape index (κ3) is 5.30. The van der Waals surface area contributed by atoms with Crippen molar-refractivity contribution < 1.29 is 14.3 Å². The van der Waals surface area contributed by atoms with Gasteiger partial charge in [-0.3, -0.25) is 10.1 Å². The normalized spacial score (nSPS) is 10.4. The first-order chi connectivity index (χ1) is 15.6. The summed E-state index contributed by atoms with van der Waals surface area (Å²) in [5, 5.41) is 6.24. The van der Waals surface area contributed by atoms with E-state index in [0.717, 1.165) is 15.4 Å². The Bertz CT molecular complexity index is 1220. The smallest absolute Gasteiger partial charge is 0.411 e. The fraction of sp³-hybridized carbons (Fsp3) is 0.0417. The van der Waals surface area contributed by atoms with Crippen LogP contribution in [0.25, 0.3) is 10.6 Å². The number of anilines is 3. The number of nitrogens with one attached hydrogen (secondary N) is 2. The molecule has 0 radical (unpaired) electrons. The molecule has 0 bridgehead atoms. The average Bonchev–Trinajstić information content (AvgIpc) is 3.29. The lowest BCUT2D eigenvalue weighted by Gasteiger charge is -2.08. The predicted octanol–water partition coefficient (Wildman–Crippen LogP) is 5.39. The van der Waals surface area contributed by atoms with E-state index in [1.807, 2.05) is 42.5 Å². The summed E-state index contributed by atoms with van der Waals surface area (Å²) in [6.45, 7) is 0.120. The van der Waals surface area contributed by atoms with Gasteiger partial charge >= 0.3 is 6.09 Å². The number of nitrogens with zero attached hydrogens (tertiary/aromatic N) is 1. The molecule has 0 aliphatic carbocycles. The van der Waals surface area contributed by atoms with Crippen LogP contribution in [0.4, 0.5) is 21.9 Å². The van der Waals surface area contributed by atoms with E-state index in [4.69, 9.17) is 10.5 Å². The lowest BCUT2D eigenvalue weighted by atomic mass is 10.1. The van der Waals surface area contributed by atoms with Gasteiger partial charge in [0.2, 0.25) is 0 Å². The first-order valence-electron chi connectivity index (χ1n) is 9.78. The van der Waals surface area contributed by atoms with E-state index in [-0.39, 0.29) is 12.5 Å². The average molecular weight is 445 g/mol. The van der Waals surface area contributed by atoms with Gasteiger partial charge in [-0.05, 0) is 36.4 Å². The van der Waals surface area contributed by atoms with Gasteiger partial charge < -0.3 is 15.8 Å². The van der Waals surface area contributed by atoms with E-state index in [9.17, 15) is 9.59 Å². The Morgan fingerprint density at radius 3 is 2.38 bits per heavy atom.